The van der Waals surface area contributed by atoms with Crippen molar-refractivity contribution in [1.29, 1.82) is 0 Å². The van der Waals surface area contributed by atoms with Crippen LogP contribution in [0.3, 0.4) is 0 Å². The smallest absolute Gasteiger partial charge is 0.0692 e. The second-order valence-electron chi connectivity index (χ2n) is 5.60. The van der Waals surface area contributed by atoms with Crippen LogP contribution in [0.2, 0.25) is 0 Å². The lowest BCUT2D eigenvalue weighted by Gasteiger charge is -2.38. The minimum Gasteiger partial charge on any atom is -0.317 e. The van der Waals surface area contributed by atoms with E-state index in [1.165, 1.54) is 38.6 Å². The Bertz CT molecular complexity index is 349. The Kier molecular flexibility index (Phi) is 3.61. The molecule has 0 aliphatic carbocycles. The number of rotatable bonds is 5. The average molecular weight is 249 g/mol. The van der Waals surface area contributed by atoms with Crippen molar-refractivity contribution in [2.75, 3.05) is 13.6 Å². The molecule has 0 amide bonds. The Hall–Kier alpha value is -0.940. The van der Waals surface area contributed by atoms with Gasteiger partial charge < -0.3 is 5.32 Å². The van der Waals surface area contributed by atoms with E-state index in [9.17, 15) is 0 Å². The molecule has 0 aromatic carbocycles. The summed E-state index contributed by atoms with van der Waals surface area (Å²) >= 11 is 0. The zero-order valence-electron chi connectivity index (χ0n) is 11.1. The fraction of sp³-hybridized carbons (Fsp3) is 0.846. The number of nitrogens with zero attached hydrogens (tertiary/aromatic N) is 4. The van der Waals surface area contributed by atoms with E-state index in [1.807, 2.05) is 10.9 Å². The zero-order chi connectivity index (χ0) is 12.4. The molecule has 2 atom stereocenters. The summed E-state index contributed by atoms with van der Waals surface area (Å²) in [4.78, 5) is 2.74. The Morgan fingerprint density at radius 2 is 2.00 bits per heavy atom. The van der Waals surface area contributed by atoms with Crippen molar-refractivity contribution in [3.63, 3.8) is 0 Å². The highest BCUT2D eigenvalue weighted by Crippen LogP contribution is 2.35. The summed E-state index contributed by atoms with van der Waals surface area (Å²) in [6.45, 7) is 2.21. The van der Waals surface area contributed by atoms with Crippen LogP contribution in [0.4, 0.5) is 0 Å². The van der Waals surface area contributed by atoms with Crippen LogP contribution in [0.15, 0.2) is 12.4 Å². The maximum atomic E-state index is 4.02. The molecule has 1 aromatic heterocycles. The first-order chi connectivity index (χ1) is 8.86. The number of fused-ring (bicyclic) bond motifs is 2. The minimum atomic E-state index is 0.745. The van der Waals surface area contributed by atoms with Gasteiger partial charge in [-0.15, -0.1) is 5.10 Å². The van der Waals surface area contributed by atoms with Gasteiger partial charge in [-0.1, -0.05) is 5.21 Å². The molecule has 2 aliphatic rings. The third-order valence-electron chi connectivity index (χ3n) is 4.57. The normalized spacial score (nSPS) is 31.9. The second-order valence-corrected chi connectivity index (χ2v) is 5.60. The Balaban J connectivity index is 1.49. The molecule has 5 nitrogen and oxygen atoms in total. The Morgan fingerprint density at radius 3 is 2.61 bits per heavy atom. The van der Waals surface area contributed by atoms with Gasteiger partial charge in [-0.25, -0.2) is 0 Å². The van der Waals surface area contributed by atoms with Gasteiger partial charge in [0.1, 0.15) is 0 Å². The lowest BCUT2D eigenvalue weighted by molar-refractivity contribution is 0.116. The van der Waals surface area contributed by atoms with E-state index >= 15 is 0 Å². The third-order valence-corrected chi connectivity index (χ3v) is 4.57. The predicted molar refractivity (Wildman–Crippen MR) is 70.2 cm³/mol. The van der Waals surface area contributed by atoms with Crippen LogP contribution >= 0.6 is 0 Å². The van der Waals surface area contributed by atoms with Crippen LogP contribution in [-0.4, -0.2) is 51.6 Å². The highest BCUT2D eigenvalue weighted by Gasteiger charge is 2.39. The first-order valence-corrected chi connectivity index (χ1v) is 7.14. The van der Waals surface area contributed by atoms with Gasteiger partial charge in [0.2, 0.25) is 0 Å². The molecule has 3 rings (SSSR count). The summed E-state index contributed by atoms with van der Waals surface area (Å²) in [5, 5.41) is 11.3. The van der Waals surface area contributed by atoms with Gasteiger partial charge in [0.25, 0.3) is 0 Å². The van der Waals surface area contributed by atoms with E-state index in [2.05, 4.69) is 27.6 Å². The molecule has 3 heterocycles. The maximum Gasteiger partial charge on any atom is 0.0692 e. The highest BCUT2D eigenvalue weighted by atomic mass is 15.4. The van der Waals surface area contributed by atoms with Crippen molar-refractivity contribution in [1.82, 2.24) is 25.2 Å². The monoisotopic (exact) mass is 249 g/mol. The predicted octanol–water partition coefficient (Wildman–Crippen LogP) is 0.883. The van der Waals surface area contributed by atoms with Crippen LogP contribution in [0, 0.1) is 0 Å². The molecule has 2 saturated heterocycles. The molecule has 0 spiro atoms. The first-order valence-electron chi connectivity index (χ1n) is 7.14. The molecule has 100 valence electrons. The number of hydrogen-bond acceptors (Lipinski definition) is 4. The fourth-order valence-corrected chi connectivity index (χ4v) is 3.64. The molecule has 2 aliphatic heterocycles. The molecule has 1 aromatic rings. The van der Waals surface area contributed by atoms with E-state index in [0.717, 1.165) is 24.7 Å². The maximum absolute atomic E-state index is 4.02. The molecule has 18 heavy (non-hydrogen) atoms. The lowest BCUT2D eigenvalue weighted by Crippen LogP contribution is -2.48. The van der Waals surface area contributed by atoms with E-state index in [1.54, 1.807) is 6.20 Å². The quantitative estimate of drug-likeness (QED) is 0.841. The van der Waals surface area contributed by atoms with Crippen LogP contribution < -0.4 is 5.32 Å². The molecule has 0 saturated carbocycles. The summed E-state index contributed by atoms with van der Waals surface area (Å²) < 4.78 is 1.93. The number of nitrogens with one attached hydrogen (secondary N) is 1. The number of hydrogen-bond donors (Lipinski definition) is 1. The fourth-order valence-electron chi connectivity index (χ4n) is 3.64. The average Bonchev–Trinajstić information content (AvgIpc) is 2.97. The van der Waals surface area contributed by atoms with Crippen LogP contribution in [0.5, 0.6) is 0 Å². The van der Waals surface area contributed by atoms with Crippen molar-refractivity contribution in [2.45, 2.75) is 56.8 Å². The largest absolute Gasteiger partial charge is 0.317 e. The molecule has 2 bridgehead atoms. The first kappa shape index (κ1) is 12.1. The van der Waals surface area contributed by atoms with Crippen LogP contribution in [-0.2, 0) is 6.54 Å². The SMILES string of the molecule is CNC1CC2CCC(C1)N2CCCn1ccnn1. The molecular weight excluding hydrogens is 226 g/mol. The van der Waals surface area contributed by atoms with E-state index in [-0.39, 0.29) is 0 Å². The summed E-state index contributed by atoms with van der Waals surface area (Å²) in [5.41, 5.74) is 0. The molecule has 2 fully saturated rings. The van der Waals surface area contributed by atoms with Crippen molar-refractivity contribution in [2.24, 2.45) is 0 Å². The van der Waals surface area contributed by atoms with Crippen LogP contribution in [0.1, 0.15) is 32.1 Å². The van der Waals surface area contributed by atoms with Gasteiger partial charge in [-0.2, -0.15) is 0 Å². The minimum absolute atomic E-state index is 0.745. The van der Waals surface area contributed by atoms with Crippen molar-refractivity contribution in [3.05, 3.63) is 12.4 Å². The number of aromatic nitrogens is 3. The summed E-state index contributed by atoms with van der Waals surface area (Å²) in [6.07, 6.45) is 10.3. The third kappa shape index (κ3) is 2.42. The van der Waals surface area contributed by atoms with Gasteiger partial charge in [-0.05, 0) is 39.2 Å². The Morgan fingerprint density at radius 1 is 1.22 bits per heavy atom. The lowest BCUT2D eigenvalue weighted by atomic mass is 9.97. The summed E-state index contributed by atoms with van der Waals surface area (Å²) in [6, 6.07) is 2.38. The second kappa shape index (κ2) is 5.36. The van der Waals surface area contributed by atoms with Gasteiger partial charge in [0, 0.05) is 37.4 Å². The van der Waals surface area contributed by atoms with E-state index in [0.29, 0.717) is 0 Å². The summed E-state index contributed by atoms with van der Waals surface area (Å²) in [5.74, 6) is 0. The van der Waals surface area contributed by atoms with Crippen molar-refractivity contribution < 1.29 is 0 Å². The highest BCUT2D eigenvalue weighted by molar-refractivity contribution is 4.96. The number of piperidine rings is 1. The molecule has 1 N–H and O–H groups in total. The molecular formula is C13H23N5. The summed E-state index contributed by atoms with van der Waals surface area (Å²) in [7, 11) is 2.10. The van der Waals surface area contributed by atoms with E-state index in [4.69, 9.17) is 0 Å². The zero-order valence-corrected chi connectivity index (χ0v) is 11.1. The topological polar surface area (TPSA) is 46.0 Å². The number of aryl methyl sites for hydroxylation is 1. The molecule has 5 heteroatoms. The van der Waals surface area contributed by atoms with Crippen molar-refractivity contribution in [3.8, 4) is 0 Å². The van der Waals surface area contributed by atoms with E-state index < -0.39 is 0 Å². The van der Waals surface area contributed by atoms with Gasteiger partial charge in [-0.3, -0.25) is 9.58 Å². The van der Waals surface area contributed by atoms with Gasteiger partial charge in [0.05, 0.1) is 6.20 Å². The van der Waals surface area contributed by atoms with Gasteiger partial charge >= 0.3 is 0 Å². The Labute approximate surface area is 109 Å². The van der Waals surface area contributed by atoms with Crippen LogP contribution in [0.25, 0.3) is 0 Å². The standard InChI is InChI=1S/C13H23N5/c1-14-11-9-12-3-4-13(10-11)18(12)7-2-6-17-8-5-15-16-17/h5,8,11-14H,2-4,6-7,9-10H2,1H3. The van der Waals surface area contributed by atoms with Gasteiger partial charge in [0.15, 0.2) is 0 Å². The van der Waals surface area contributed by atoms with Crippen molar-refractivity contribution >= 4 is 0 Å². The molecule has 2 unspecified atom stereocenters. The molecule has 0 radical (unpaired) electrons.